The average molecular weight is 274 g/mol. The highest BCUT2D eigenvalue weighted by Crippen LogP contribution is 2.34. The summed E-state index contributed by atoms with van der Waals surface area (Å²) in [6.45, 7) is 3.19. The summed E-state index contributed by atoms with van der Waals surface area (Å²) in [6, 6.07) is 9.31. The Morgan fingerprint density at radius 1 is 1.35 bits per heavy atom. The average Bonchev–Trinajstić information content (AvgIpc) is 2.94. The number of ether oxygens (including phenoxy) is 2. The topological polar surface area (TPSA) is 56.5 Å². The number of fused-ring (bicyclic) bond motifs is 1. The van der Waals surface area contributed by atoms with Gasteiger partial charge in [-0.2, -0.15) is 5.10 Å². The van der Waals surface area contributed by atoms with Crippen molar-refractivity contribution in [1.82, 2.24) is 9.78 Å². The Labute approximate surface area is 117 Å². The number of aliphatic hydroxyl groups is 1. The fourth-order valence-electron chi connectivity index (χ4n) is 2.37. The van der Waals surface area contributed by atoms with Gasteiger partial charge in [-0.15, -0.1) is 0 Å². The van der Waals surface area contributed by atoms with Crippen LogP contribution in [0.4, 0.5) is 0 Å². The van der Waals surface area contributed by atoms with Crippen LogP contribution in [0.15, 0.2) is 36.5 Å². The number of aromatic nitrogens is 2. The summed E-state index contributed by atoms with van der Waals surface area (Å²) in [5.41, 5.74) is 0.764. The second-order valence-electron chi connectivity index (χ2n) is 4.84. The lowest BCUT2D eigenvalue weighted by molar-refractivity contribution is -0.0153. The van der Waals surface area contributed by atoms with Crippen molar-refractivity contribution in [1.29, 1.82) is 0 Å². The van der Waals surface area contributed by atoms with Crippen LogP contribution in [0.5, 0.6) is 11.5 Å². The van der Waals surface area contributed by atoms with Crippen LogP contribution >= 0.6 is 0 Å². The van der Waals surface area contributed by atoms with E-state index in [2.05, 4.69) is 12.0 Å². The molecular weight excluding hydrogens is 256 g/mol. The number of hydrogen-bond donors (Lipinski definition) is 1. The summed E-state index contributed by atoms with van der Waals surface area (Å²) in [5, 5.41) is 14.7. The monoisotopic (exact) mass is 274 g/mol. The molecule has 2 aromatic rings. The largest absolute Gasteiger partial charge is 0.486 e. The minimum Gasteiger partial charge on any atom is -0.486 e. The van der Waals surface area contributed by atoms with Crippen LogP contribution in [0.2, 0.25) is 0 Å². The zero-order chi connectivity index (χ0) is 13.9. The van der Waals surface area contributed by atoms with E-state index in [9.17, 15) is 5.11 Å². The third kappa shape index (κ3) is 2.36. The predicted molar refractivity (Wildman–Crippen MR) is 73.8 cm³/mol. The molecule has 5 nitrogen and oxygen atoms in total. The van der Waals surface area contributed by atoms with Gasteiger partial charge in [0, 0.05) is 12.7 Å². The Kier molecular flexibility index (Phi) is 3.60. The molecule has 3 rings (SSSR count). The quantitative estimate of drug-likeness (QED) is 0.928. The second-order valence-corrected chi connectivity index (χ2v) is 4.84. The van der Waals surface area contributed by atoms with Gasteiger partial charge in [0.05, 0.1) is 5.69 Å². The van der Waals surface area contributed by atoms with Gasteiger partial charge in [-0.25, -0.2) is 0 Å². The van der Waals surface area contributed by atoms with Crippen LogP contribution < -0.4 is 9.47 Å². The highest BCUT2D eigenvalue weighted by molar-refractivity contribution is 5.40. The van der Waals surface area contributed by atoms with Crippen LogP contribution in [0, 0.1) is 0 Å². The van der Waals surface area contributed by atoms with Crippen molar-refractivity contribution < 1.29 is 14.6 Å². The molecular formula is C15H18N2O3. The predicted octanol–water partition coefficient (Wildman–Crippen LogP) is 2.17. The first kappa shape index (κ1) is 13.0. The standard InChI is InChI=1S/C15H18N2O3/c1-2-9-17-11(7-8-16-17)15(18)14-10-19-12-5-3-4-6-13(12)20-14/h3-8,14-15,18H,2,9-10H2,1H3. The summed E-state index contributed by atoms with van der Waals surface area (Å²) >= 11 is 0. The number of hydrogen-bond acceptors (Lipinski definition) is 4. The number of rotatable bonds is 4. The van der Waals surface area contributed by atoms with E-state index in [1.807, 2.05) is 35.0 Å². The summed E-state index contributed by atoms with van der Waals surface area (Å²) in [4.78, 5) is 0. The Balaban J connectivity index is 1.78. The summed E-state index contributed by atoms with van der Waals surface area (Å²) in [5.74, 6) is 1.39. The van der Waals surface area contributed by atoms with Gasteiger partial charge in [0.25, 0.3) is 0 Å². The first-order chi connectivity index (χ1) is 9.79. The van der Waals surface area contributed by atoms with Crippen molar-refractivity contribution in [2.45, 2.75) is 32.1 Å². The van der Waals surface area contributed by atoms with Crippen LogP contribution in [0.1, 0.15) is 25.1 Å². The van der Waals surface area contributed by atoms with E-state index in [4.69, 9.17) is 9.47 Å². The van der Waals surface area contributed by atoms with Crippen molar-refractivity contribution in [2.75, 3.05) is 6.61 Å². The molecule has 1 aromatic heterocycles. The molecule has 5 heteroatoms. The first-order valence-electron chi connectivity index (χ1n) is 6.88. The molecule has 0 spiro atoms. The van der Waals surface area contributed by atoms with E-state index in [1.165, 1.54) is 0 Å². The molecule has 0 saturated carbocycles. The number of nitrogens with zero attached hydrogens (tertiary/aromatic N) is 2. The number of benzene rings is 1. The van der Waals surface area contributed by atoms with Gasteiger partial charge >= 0.3 is 0 Å². The Bertz CT molecular complexity index is 582. The molecule has 2 unspecified atom stereocenters. The Morgan fingerprint density at radius 3 is 2.95 bits per heavy atom. The Hall–Kier alpha value is -2.01. The molecule has 1 aromatic carbocycles. The summed E-state index contributed by atoms with van der Waals surface area (Å²) in [7, 11) is 0. The molecule has 0 fully saturated rings. The van der Waals surface area contributed by atoms with Crippen molar-refractivity contribution in [2.24, 2.45) is 0 Å². The van der Waals surface area contributed by atoms with Gasteiger partial charge in [-0.05, 0) is 24.6 Å². The number of aliphatic hydroxyl groups excluding tert-OH is 1. The second kappa shape index (κ2) is 5.54. The lowest BCUT2D eigenvalue weighted by Crippen LogP contribution is -2.35. The van der Waals surface area contributed by atoms with Crippen molar-refractivity contribution in [3.8, 4) is 11.5 Å². The minimum absolute atomic E-state index is 0.329. The molecule has 2 atom stereocenters. The normalized spacial score (nSPS) is 18.8. The molecule has 20 heavy (non-hydrogen) atoms. The summed E-state index contributed by atoms with van der Waals surface area (Å²) < 4.78 is 13.3. The highest BCUT2D eigenvalue weighted by Gasteiger charge is 2.30. The minimum atomic E-state index is -0.752. The van der Waals surface area contributed by atoms with Crippen molar-refractivity contribution >= 4 is 0 Å². The third-order valence-electron chi connectivity index (χ3n) is 3.37. The zero-order valence-corrected chi connectivity index (χ0v) is 11.4. The first-order valence-corrected chi connectivity index (χ1v) is 6.88. The van der Waals surface area contributed by atoms with Crippen LogP contribution in [0.3, 0.4) is 0 Å². The SMILES string of the molecule is CCCn1nccc1C(O)C1COc2ccccc2O1. The molecule has 0 aliphatic carbocycles. The lowest BCUT2D eigenvalue weighted by Gasteiger charge is -2.29. The molecule has 1 aliphatic heterocycles. The Morgan fingerprint density at radius 2 is 2.15 bits per heavy atom. The smallest absolute Gasteiger partial charge is 0.164 e. The molecule has 106 valence electrons. The van der Waals surface area contributed by atoms with Crippen molar-refractivity contribution in [3.05, 3.63) is 42.2 Å². The van der Waals surface area contributed by atoms with Gasteiger partial charge in [0.2, 0.25) is 0 Å². The molecule has 0 bridgehead atoms. The lowest BCUT2D eigenvalue weighted by atomic mass is 10.1. The van der Waals surface area contributed by atoms with Crippen LogP contribution in [-0.4, -0.2) is 27.6 Å². The van der Waals surface area contributed by atoms with Gasteiger partial charge in [-0.3, -0.25) is 4.68 Å². The molecule has 0 amide bonds. The fourth-order valence-corrected chi connectivity index (χ4v) is 2.37. The summed E-state index contributed by atoms with van der Waals surface area (Å²) in [6.07, 6.45) is 1.49. The van der Waals surface area contributed by atoms with E-state index in [0.717, 1.165) is 24.4 Å². The molecule has 1 aliphatic rings. The van der Waals surface area contributed by atoms with Crippen molar-refractivity contribution in [3.63, 3.8) is 0 Å². The molecule has 0 radical (unpaired) electrons. The highest BCUT2D eigenvalue weighted by atomic mass is 16.6. The molecule has 2 heterocycles. The third-order valence-corrected chi connectivity index (χ3v) is 3.37. The van der Waals surface area contributed by atoms with E-state index in [1.54, 1.807) is 6.20 Å². The van der Waals surface area contributed by atoms with E-state index in [0.29, 0.717) is 12.4 Å². The van der Waals surface area contributed by atoms with E-state index < -0.39 is 12.2 Å². The zero-order valence-electron chi connectivity index (χ0n) is 11.4. The maximum Gasteiger partial charge on any atom is 0.164 e. The van der Waals surface area contributed by atoms with Gasteiger partial charge < -0.3 is 14.6 Å². The maximum atomic E-state index is 10.5. The van der Waals surface area contributed by atoms with Gasteiger partial charge in [0.1, 0.15) is 12.7 Å². The molecule has 1 N–H and O–H groups in total. The van der Waals surface area contributed by atoms with Crippen LogP contribution in [-0.2, 0) is 6.54 Å². The van der Waals surface area contributed by atoms with Crippen LogP contribution in [0.25, 0.3) is 0 Å². The van der Waals surface area contributed by atoms with E-state index in [-0.39, 0.29) is 0 Å². The van der Waals surface area contributed by atoms with Gasteiger partial charge in [0.15, 0.2) is 17.6 Å². The maximum absolute atomic E-state index is 10.5. The number of aryl methyl sites for hydroxylation is 1. The fraction of sp³-hybridized carbons (Fsp3) is 0.400. The molecule has 0 saturated heterocycles. The number of para-hydroxylation sites is 2. The van der Waals surface area contributed by atoms with Gasteiger partial charge in [-0.1, -0.05) is 19.1 Å². The van der Waals surface area contributed by atoms with E-state index >= 15 is 0 Å².